The number of rotatable bonds is 4. The molecule has 5 rings (SSSR count). The third kappa shape index (κ3) is 3.53. The molecule has 6 nitrogen and oxygen atoms in total. The van der Waals surface area contributed by atoms with Gasteiger partial charge in [-0.05, 0) is 50.5 Å². The summed E-state index contributed by atoms with van der Waals surface area (Å²) in [5.74, 6) is 2.14. The summed E-state index contributed by atoms with van der Waals surface area (Å²) in [6.07, 6.45) is 3.52. The van der Waals surface area contributed by atoms with Crippen LogP contribution >= 0.6 is 0 Å². The molecule has 0 spiro atoms. The van der Waals surface area contributed by atoms with Crippen LogP contribution in [-0.2, 0) is 0 Å². The van der Waals surface area contributed by atoms with E-state index in [9.17, 15) is 0 Å². The fraction of sp³-hybridized carbons (Fsp3) is 0.261. The van der Waals surface area contributed by atoms with Gasteiger partial charge in [0.15, 0.2) is 5.69 Å². The highest BCUT2D eigenvalue weighted by Gasteiger charge is 2.26. The van der Waals surface area contributed by atoms with E-state index in [2.05, 4.69) is 22.0 Å². The first-order valence-electron chi connectivity index (χ1n) is 10.00. The summed E-state index contributed by atoms with van der Waals surface area (Å²) in [7, 11) is 0. The highest BCUT2D eigenvalue weighted by atomic mass is 16.4. The minimum Gasteiger partial charge on any atom is -0.420 e. The predicted octanol–water partition coefficient (Wildman–Crippen LogP) is 5.36. The Morgan fingerprint density at radius 1 is 0.724 bits per heavy atom. The molecule has 0 radical (unpaired) electrons. The Labute approximate surface area is 169 Å². The Balaban J connectivity index is 1.56. The van der Waals surface area contributed by atoms with Crippen molar-refractivity contribution in [3.05, 3.63) is 60.2 Å². The van der Waals surface area contributed by atoms with E-state index in [0.717, 1.165) is 37.1 Å². The number of aryl methyl sites for hydroxylation is 1. The summed E-state index contributed by atoms with van der Waals surface area (Å²) in [6.45, 7) is 3.93. The molecular weight excluding hydrogens is 364 g/mol. The Morgan fingerprint density at radius 3 is 2.17 bits per heavy atom. The summed E-state index contributed by atoms with van der Waals surface area (Å²) in [4.78, 5) is 6.97. The zero-order chi connectivity index (χ0) is 19.6. The van der Waals surface area contributed by atoms with Crippen LogP contribution in [0.1, 0.15) is 24.8 Å². The Bertz CT molecular complexity index is 1090. The van der Waals surface area contributed by atoms with Gasteiger partial charge in [-0.3, -0.25) is 0 Å². The van der Waals surface area contributed by atoms with Gasteiger partial charge in [-0.15, -0.1) is 10.2 Å². The van der Waals surface area contributed by atoms with Gasteiger partial charge in [0.2, 0.25) is 17.7 Å². The van der Waals surface area contributed by atoms with E-state index in [1.165, 1.54) is 12.0 Å². The van der Waals surface area contributed by atoms with Gasteiger partial charge in [0.1, 0.15) is 0 Å². The largest absolute Gasteiger partial charge is 0.420 e. The number of nitrogens with zero attached hydrogens (tertiary/aromatic N) is 4. The Kier molecular flexibility index (Phi) is 4.60. The van der Waals surface area contributed by atoms with Gasteiger partial charge < -0.3 is 13.7 Å². The lowest BCUT2D eigenvalue weighted by atomic mass is 10.1. The molecule has 2 aromatic carbocycles. The lowest BCUT2D eigenvalue weighted by Gasteiger charge is -2.26. The summed E-state index contributed by atoms with van der Waals surface area (Å²) < 4.78 is 12.2. The molecule has 0 aliphatic carbocycles. The number of oxazole rings is 1. The maximum absolute atomic E-state index is 6.21. The van der Waals surface area contributed by atoms with Crippen molar-refractivity contribution >= 4 is 5.88 Å². The van der Waals surface area contributed by atoms with Crippen LogP contribution in [0.2, 0.25) is 0 Å². The van der Waals surface area contributed by atoms with Crippen molar-refractivity contribution in [1.82, 2.24) is 15.2 Å². The van der Waals surface area contributed by atoms with E-state index in [1.807, 2.05) is 54.6 Å². The second-order valence-corrected chi connectivity index (χ2v) is 7.36. The predicted molar refractivity (Wildman–Crippen MR) is 111 cm³/mol. The molecule has 4 aromatic rings. The number of piperidine rings is 1. The van der Waals surface area contributed by atoms with Crippen LogP contribution in [0.4, 0.5) is 5.88 Å². The molecule has 1 aliphatic rings. The van der Waals surface area contributed by atoms with E-state index in [1.54, 1.807) is 0 Å². The van der Waals surface area contributed by atoms with Crippen molar-refractivity contribution in [2.75, 3.05) is 18.0 Å². The summed E-state index contributed by atoms with van der Waals surface area (Å²) in [5.41, 5.74) is 3.61. The van der Waals surface area contributed by atoms with Crippen LogP contribution in [0.3, 0.4) is 0 Å². The van der Waals surface area contributed by atoms with Crippen LogP contribution < -0.4 is 4.90 Å². The van der Waals surface area contributed by atoms with Gasteiger partial charge in [-0.25, -0.2) is 4.98 Å². The molecular formula is C23H22N4O2. The minimum absolute atomic E-state index is 0.382. The molecule has 29 heavy (non-hydrogen) atoms. The van der Waals surface area contributed by atoms with E-state index < -0.39 is 0 Å². The SMILES string of the molecule is Cc1ccc(-c2nnc(-c3nc(-c4ccccc4)oc3N3CCCCC3)o2)cc1. The second-order valence-electron chi connectivity index (χ2n) is 7.36. The van der Waals surface area contributed by atoms with E-state index in [-0.39, 0.29) is 0 Å². The van der Waals surface area contributed by atoms with Crippen LogP contribution in [0, 0.1) is 6.92 Å². The van der Waals surface area contributed by atoms with E-state index in [4.69, 9.17) is 13.8 Å². The number of hydrogen-bond acceptors (Lipinski definition) is 6. The fourth-order valence-corrected chi connectivity index (χ4v) is 3.60. The maximum Gasteiger partial charge on any atom is 0.272 e. The van der Waals surface area contributed by atoms with Gasteiger partial charge in [-0.1, -0.05) is 35.9 Å². The maximum atomic E-state index is 6.21. The molecule has 0 atom stereocenters. The monoisotopic (exact) mass is 386 g/mol. The van der Waals surface area contributed by atoms with Crippen molar-refractivity contribution in [2.24, 2.45) is 0 Å². The summed E-state index contributed by atoms with van der Waals surface area (Å²) in [6, 6.07) is 17.9. The normalized spacial score (nSPS) is 14.3. The highest BCUT2D eigenvalue weighted by molar-refractivity contribution is 5.70. The number of anilines is 1. The van der Waals surface area contributed by atoms with Crippen molar-refractivity contribution in [3.63, 3.8) is 0 Å². The first kappa shape index (κ1) is 17.7. The minimum atomic E-state index is 0.382. The van der Waals surface area contributed by atoms with Crippen molar-refractivity contribution in [1.29, 1.82) is 0 Å². The molecule has 1 fully saturated rings. The van der Waals surface area contributed by atoms with E-state index in [0.29, 0.717) is 29.3 Å². The zero-order valence-electron chi connectivity index (χ0n) is 16.3. The molecule has 2 aromatic heterocycles. The summed E-state index contributed by atoms with van der Waals surface area (Å²) >= 11 is 0. The average Bonchev–Trinajstić information content (AvgIpc) is 3.43. The van der Waals surface area contributed by atoms with Crippen molar-refractivity contribution < 1.29 is 8.83 Å². The average molecular weight is 386 g/mol. The lowest BCUT2D eigenvalue weighted by molar-refractivity contribution is 0.504. The second kappa shape index (κ2) is 7.54. The molecule has 1 saturated heterocycles. The first-order valence-corrected chi connectivity index (χ1v) is 10.00. The molecule has 0 unspecified atom stereocenters. The fourth-order valence-electron chi connectivity index (χ4n) is 3.60. The zero-order valence-corrected chi connectivity index (χ0v) is 16.3. The van der Waals surface area contributed by atoms with Crippen LogP contribution in [0.5, 0.6) is 0 Å². The molecule has 0 amide bonds. The first-order chi connectivity index (χ1) is 14.3. The Hall–Kier alpha value is -3.41. The summed E-state index contributed by atoms with van der Waals surface area (Å²) in [5, 5.41) is 8.53. The van der Waals surface area contributed by atoms with Gasteiger partial charge >= 0.3 is 0 Å². The van der Waals surface area contributed by atoms with Crippen LogP contribution in [0.25, 0.3) is 34.5 Å². The standard InChI is InChI=1S/C23H22N4O2/c1-16-10-12-18(13-11-16)21-25-26-22(28-21)19-23(27-14-6-3-7-15-27)29-20(24-19)17-8-4-2-5-9-17/h2,4-5,8-13H,3,6-7,14-15H2,1H3. The number of hydrogen-bond donors (Lipinski definition) is 0. The number of aromatic nitrogens is 3. The van der Waals surface area contributed by atoms with Crippen LogP contribution in [0.15, 0.2) is 63.4 Å². The van der Waals surface area contributed by atoms with Gasteiger partial charge in [0, 0.05) is 24.2 Å². The highest BCUT2D eigenvalue weighted by Crippen LogP contribution is 2.36. The molecule has 0 N–H and O–H groups in total. The molecule has 6 heteroatoms. The lowest BCUT2D eigenvalue weighted by Crippen LogP contribution is -2.29. The Morgan fingerprint density at radius 2 is 1.41 bits per heavy atom. The number of benzene rings is 2. The third-order valence-corrected chi connectivity index (χ3v) is 5.20. The molecule has 0 bridgehead atoms. The van der Waals surface area contributed by atoms with Gasteiger partial charge in [0.25, 0.3) is 5.89 Å². The van der Waals surface area contributed by atoms with Crippen molar-refractivity contribution in [2.45, 2.75) is 26.2 Å². The molecule has 146 valence electrons. The van der Waals surface area contributed by atoms with E-state index >= 15 is 0 Å². The van der Waals surface area contributed by atoms with Gasteiger partial charge in [0.05, 0.1) is 0 Å². The van der Waals surface area contributed by atoms with Gasteiger partial charge in [-0.2, -0.15) is 0 Å². The van der Waals surface area contributed by atoms with Crippen molar-refractivity contribution in [3.8, 4) is 34.5 Å². The quantitative estimate of drug-likeness (QED) is 0.470. The molecule has 3 heterocycles. The topological polar surface area (TPSA) is 68.2 Å². The van der Waals surface area contributed by atoms with Crippen LogP contribution in [-0.4, -0.2) is 28.3 Å². The third-order valence-electron chi connectivity index (χ3n) is 5.20. The molecule has 0 saturated carbocycles. The smallest absolute Gasteiger partial charge is 0.272 e. The molecule has 1 aliphatic heterocycles.